The molecule has 1 fully saturated rings. The number of imidazole rings is 1. The normalized spacial score (nSPS) is 14.1. The van der Waals surface area contributed by atoms with Crippen LogP contribution in [0.1, 0.15) is 24.8 Å². The Kier molecular flexibility index (Phi) is 4.88. The quantitative estimate of drug-likeness (QED) is 0.517. The molecular formula is C22H24N8. The number of nitrogens with one attached hydrogen (secondary N) is 2. The molecule has 0 aromatic carbocycles. The smallest absolute Gasteiger partial charge is 0.232 e. The van der Waals surface area contributed by atoms with Gasteiger partial charge in [-0.25, -0.2) is 9.97 Å². The van der Waals surface area contributed by atoms with Crippen LogP contribution in [-0.4, -0.2) is 37.4 Å². The van der Waals surface area contributed by atoms with Gasteiger partial charge < -0.3 is 19.9 Å². The molecule has 152 valence electrons. The Hall–Kier alpha value is -3.68. The van der Waals surface area contributed by atoms with Crippen molar-refractivity contribution in [3.05, 3.63) is 60.7 Å². The summed E-state index contributed by atoms with van der Waals surface area (Å²) < 4.78 is 1.97. The second kappa shape index (κ2) is 7.98. The van der Waals surface area contributed by atoms with E-state index >= 15 is 0 Å². The van der Waals surface area contributed by atoms with Gasteiger partial charge in [0.1, 0.15) is 23.1 Å². The SMILES string of the molecule is Cc1ccnc(Nc2nc(Nc3ccn4ccnc4c3)cc(N3CCCCC3)n2)c1. The molecular weight excluding hydrogens is 376 g/mol. The van der Waals surface area contributed by atoms with Crippen LogP contribution in [0.15, 0.2) is 55.1 Å². The Balaban J connectivity index is 1.47. The van der Waals surface area contributed by atoms with Gasteiger partial charge in [-0.2, -0.15) is 9.97 Å². The third-order valence-corrected chi connectivity index (χ3v) is 5.22. The summed E-state index contributed by atoms with van der Waals surface area (Å²) >= 11 is 0. The van der Waals surface area contributed by atoms with Gasteiger partial charge in [-0.15, -0.1) is 0 Å². The molecule has 5 rings (SSSR count). The van der Waals surface area contributed by atoms with E-state index in [4.69, 9.17) is 4.98 Å². The van der Waals surface area contributed by atoms with Gasteiger partial charge in [0, 0.05) is 55.7 Å². The number of anilines is 5. The Labute approximate surface area is 175 Å². The van der Waals surface area contributed by atoms with E-state index in [0.717, 1.165) is 47.4 Å². The van der Waals surface area contributed by atoms with Gasteiger partial charge in [-0.05, 0) is 49.9 Å². The van der Waals surface area contributed by atoms with Gasteiger partial charge in [0.15, 0.2) is 0 Å². The van der Waals surface area contributed by atoms with E-state index in [1.54, 1.807) is 12.4 Å². The molecule has 0 radical (unpaired) electrons. The fraction of sp³-hybridized carbons (Fsp3) is 0.273. The fourth-order valence-corrected chi connectivity index (χ4v) is 3.69. The van der Waals surface area contributed by atoms with E-state index in [2.05, 4.69) is 30.5 Å². The maximum absolute atomic E-state index is 4.77. The summed E-state index contributed by atoms with van der Waals surface area (Å²) in [7, 11) is 0. The minimum absolute atomic E-state index is 0.528. The third-order valence-electron chi connectivity index (χ3n) is 5.22. The number of nitrogens with zero attached hydrogens (tertiary/aromatic N) is 6. The van der Waals surface area contributed by atoms with Crippen molar-refractivity contribution in [2.75, 3.05) is 28.6 Å². The first kappa shape index (κ1) is 18.4. The van der Waals surface area contributed by atoms with Gasteiger partial charge in [-0.1, -0.05) is 0 Å². The molecule has 0 amide bonds. The fourth-order valence-electron chi connectivity index (χ4n) is 3.69. The maximum atomic E-state index is 4.77. The van der Waals surface area contributed by atoms with Crippen molar-refractivity contribution in [3.8, 4) is 0 Å². The van der Waals surface area contributed by atoms with E-state index in [1.807, 2.05) is 54.0 Å². The van der Waals surface area contributed by atoms with Gasteiger partial charge >= 0.3 is 0 Å². The number of hydrogen-bond donors (Lipinski definition) is 2. The Bertz CT molecular complexity index is 1160. The molecule has 0 bridgehead atoms. The molecule has 2 N–H and O–H groups in total. The molecule has 0 spiro atoms. The monoisotopic (exact) mass is 400 g/mol. The zero-order chi connectivity index (χ0) is 20.3. The number of pyridine rings is 2. The summed E-state index contributed by atoms with van der Waals surface area (Å²) in [6.07, 6.45) is 11.1. The lowest BCUT2D eigenvalue weighted by atomic mass is 10.1. The second-order valence-electron chi connectivity index (χ2n) is 7.56. The van der Waals surface area contributed by atoms with Crippen molar-refractivity contribution in [2.45, 2.75) is 26.2 Å². The highest BCUT2D eigenvalue weighted by Gasteiger charge is 2.15. The standard InChI is InChI=1S/C22H24N8/c1-16-5-7-23-18(13-16)26-22-27-19(15-21(28-22)29-9-3-2-4-10-29)25-17-6-11-30-12-8-24-20(30)14-17/h5-8,11-15H,2-4,9-10H2,1H3,(H2,23,25,26,27,28). The maximum Gasteiger partial charge on any atom is 0.232 e. The zero-order valence-electron chi connectivity index (χ0n) is 16.9. The summed E-state index contributed by atoms with van der Waals surface area (Å²) in [5.74, 6) is 2.91. The molecule has 1 aliphatic rings. The van der Waals surface area contributed by atoms with Crippen molar-refractivity contribution >= 4 is 34.7 Å². The first-order chi connectivity index (χ1) is 14.7. The molecule has 8 heteroatoms. The summed E-state index contributed by atoms with van der Waals surface area (Å²) in [6.45, 7) is 4.06. The van der Waals surface area contributed by atoms with E-state index in [9.17, 15) is 0 Å². The minimum Gasteiger partial charge on any atom is -0.356 e. The number of aryl methyl sites for hydroxylation is 1. The van der Waals surface area contributed by atoms with Crippen LogP contribution in [0.3, 0.4) is 0 Å². The molecule has 4 aromatic heterocycles. The Morgan fingerprint density at radius 2 is 1.73 bits per heavy atom. The van der Waals surface area contributed by atoms with E-state index < -0.39 is 0 Å². The van der Waals surface area contributed by atoms with Crippen molar-refractivity contribution in [2.24, 2.45) is 0 Å². The minimum atomic E-state index is 0.528. The molecule has 30 heavy (non-hydrogen) atoms. The summed E-state index contributed by atoms with van der Waals surface area (Å²) in [6, 6.07) is 9.96. The van der Waals surface area contributed by atoms with Crippen molar-refractivity contribution in [3.63, 3.8) is 0 Å². The number of fused-ring (bicyclic) bond motifs is 1. The first-order valence-corrected chi connectivity index (χ1v) is 10.3. The highest BCUT2D eigenvalue weighted by molar-refractivity contribution is 5.65. The van der Waals surface area contributed by atoms with Crippen LogP contribution < -0.4 is 15.5 Å². The lowest BCUT2D eigenvalue weighted by Crippen LogP contribution is -2.30. The molecule has 8 nitrogen and oxygen atoms in total. The predicted molar refractivity (Wildman–Crippen MR) is 119 cm³/mol. The number of aromatic nitrogens is 5. The number of rotatable bonds is 5. The molecule has 0 unspecified atom stereocenters. The summed E-state index contributed by atoms with van der Waals surface area (Å²) in [5, 5.41) is 6.67. The average molecular weight is 400 g/mol. The summed E-state index contributed by atoms with van der Waals surface area (Å²) in [5.41, 5.74) is 2.94. The molecule has 4 aromatic rings. The first-order valence-electron chi connectivity index (χ1n) is 10.3. The number of hydrogen-bond acceptors (Lipinski definition) is 7. The van der Waals surface area contributed by atoms with Crippen LogP contribution >= 0.6 is 0 Å². The molecule has 5 heterocycles. The van der Waals surface area contributed by atoms with Crippen molar-refractivity contribution < 1.29 is 0 Å². The van der Waals surface area contributed by atoms with E-state index in [-0.39, 0.29) is 0 Å². The van der Waals surface area contributed by atoms with Crippen molar-refractivity contribution in [1.82, 2.24) is 24.3 Å². The molecule has 0 atom stereocenters. The lowest BCUT2D eigenvalue weighted by Gasteiger charge is -2.28. The summed E-state index contributed by atoms with van der Waals surface area (Å²) in [4.78, 5) is 20.5. The Morgan fingerprint density at radius 1 is 0.833 bits per heavy atom. The van der Waals surface area contributed by atoms with Gasteiger partial charge in [0.25, 0.3) is 0 Å². The highest BCUT2D eigenvalue weighted by Crippen LogP contribution is 2.25. The van der Waals surface area contributed by atoms with Crippen LogP contribution in [0.2, 0.25) is 0 Å². The van der Waals surface area contributed by atoms with Crippen LogP contribution in [0.5, 0.6) is 0 Å². The van der Waals surface area contributed by atoms with Gasteiger partial charge in [-0.3, -0.25) is 0 Å². The van der Waals surface area contributed by atoms with Crippen LogP contribution in [0.4, 0.5) is 29.1 Å². The molecule has 0 saturated carbocycles. The van der Waals surface area contributed by atoms with Gasteiger partial charge in [0.2, 0.25) is 5.95 Å². The largest absolute Gasteiger partial charge is 0.356 e. The predicted octanol–water partition coefficient (Wildman–Crippen LogP) is 4.31. The second-order valence-corrected chi connectivity index (χ2v) is 7.56. The van der Waals surface area contributed by atoms with Gasteiger partial charge in [0.05, 0.1) is 0 Å². The van der Waals surface area contributed by atoms with E-state index in [0.29, 0.717) is 5.95 Å². The molecule has 1 aliphatic heterocycles. The number of piperidine rings is 1. The average Bonchev–Trinajstić information content (AvgIpc) is 3.22. The zero-order valence-corrected chi connectivity index (χ0v) is 16.9. The van der Waals surface area contributed by atoms with Crippen LogP contribution in [0, 0.1) is 6.92 Å². The topological polar surface area (TPSA) is 83.3 Å². The van der Waals surface area contributed by atoms with E-state index in [1.165, 1.54) is 19.3 Å². The highest BCUT2D eigenvalue weighted by atomic mass is 15.3. The van der Waals surface area contributed by atoms with Crippen LogP contribution in [-0.2, 0) is 0 Å². The lowest BCUT2D eigenvalue weighted by molar-refractivity contribution is 0.573. The third kappa shape index (κ3) is 4.03. The van der Waals surface area contributed by atoms with Crippen LogP contribution in [0.25, 0.3) is 5.65 Å². The Morgan fingerprint density at radius 3 is 2.60 bits per heavy atom. The molecule has 0 aliphatic carbocycles. The van der Waals surface area contributed by atoms with Crippen molar-refractivity contribution in [1.29, 1.82) is 0 Å². The molecule has 1 saturated heterocycles.